The van der Waals surface area contributed by atoms with Gasteiger partial charge in [-0.05, 0) is 62.1 Å². The number of alkyl halides is 2. The molecule has 0 unspecified atom stereocenters. The fourth-order valence-corrected chi connectivity index (χ4v) is 3.16. The van der Waals surface area contributed by atoms with Crippen molar-refractivity contribution in [2.45, 2.75) is 58.5 Å². The largest absolute Gasteiger partial charge is 0.491 e. The highest BCUT2D eigenvalue weighted by Gasteiger charge is 2.31. The van der Waals surface area contributed by atoms with Crippen LogP contribution in [0.3, 0.4) is 0 Å². The number of rotatable bonds is 11. The molecule has 0 aliphatic heterocycles. The van der Waals surface area contributed by atoms with E-state index in [-0.39, 0.29) is 6.10 Å². The predicted octanol–water partition coefficient (Wildman–Crippen LogP) is 6.46. The van der Waals surface area contributed by atoms with Gasteiger partial charge < -0.3 is 14.6 Å². The molecule has 0 spiro atoms. The molecular weight excluding hydrogens is 400 g/mol. The normalized spacial score (nSPS) is 11.7. The molecule has 0 fully saturated rings. The lowest BCUT2D eigenvalue weighted by Gasteiger charge is -2.11. The van der Waals surface area contributed by atoms with Gasteiger partial charge in [-0.3, -0.25) is 0 Å². The van der Waals surface area contributed by atoms with Crippen LogP contribution in [0.15, 0.2) is 53.1 Å². The molecule has 3 aromatic rings. The first-order chi connectivity index (χ1) is 14.8. The highest BCUT2D eigenvalue weighted by molar-refractivity contribution is 5.68. The van der Waals surface area contributed by atoms with Crippen molar-refractivity contribution in [2.75, 3.05) is 11.9 Å². The summed E-state index contributed by atoms with van der Waals surface area (Å²) in [5.74, 6) is -2.50. The summed E-state index contributed by atoms with van der Waals surface area (Å²) in [6.45, 7) is 5.60. The van der Waals surface area contributed by atoms with E-state index in [1.165, 1.54) is 0 Å². The first-order valence-corrected chi connectivity index (χ1v) is 10.6. The Labute approximate surface area is 181 Å². The van der Waals surface area contributed by atoms with Crippen molar-refractivity contribution in [3.63, 3.8) is 0 Å². The molecule has 1 aromatic heterocycles. The number of aryl methyl sites for hydroxylation is 1. The lowest BCUT2D eigenvalue weighted by atomic mass is 10.0. The van der Waals surface area contributed by atoms with Crippen LogP contribution < -0.4 is 10.1 Å². The van der Waals surface area contributed by atoms with Crippen LogP contribution in [-0.4, -0.2) is 22.8 Å². The van der Waals surface area contributed by atoms with Crippen molar-refractivity contribution < 1.29 is 18.0 Å². The van der Waals surface area contributed by atoms with Crippen LogP contribution in [0.4, 0.5) is 14.5 Å². The molecule has 0 saturated heterocycles. The second-order valence-electron chi connectivity index (χ2n) is 7.91. The molecule has 1 heterocycles. The van der Waals surface area contributed by atoms with Crippen molar-refractivity contribution in [3.8, 4) is 16.9 Å². The molecule has 0 aliphatic rings. The van der Waals surface area contributed by atoms with Gasteiger partial charge in [-0.2, -0.15) is 13.8 Å². The van der Waals surface area contributed by atoms with Crippen LogP contribution in [0.25, 0.3) is 11.1 Å². The van der Waals surface area contributed by atoms with Crippen molar-refractivity contribution in [1.29, 1.82) is 0 Å². The van der Waals surface area contributed by atoms with Gasteiger partial charge in [-0.25, -0.2) is 0 Å². The highest BCUT2D eigenvalue weighted by Crippen LogP contribution is 2.26. The second kappa shape index (κ2) is 10.4. The van der Waals surface area contributed by atoms with Crippen molar-refractivity contribution in [3.05, 3.63) is 60.2 Å². The van der Waals surface area contributed by atoms with Gasteiger partial charge in [0.25, 0.3) is 5.89 Å². The van der Waals surface area contributed by atoms with E-state index >= 15 is 0 Å². The summed E-state index contributed by atoms with van der Waals surface area (Å²) in [5, 5.41) is 7.06. The van der Waals surface area contributed by atoms with Gasteiger partial charge in [0, 0.05) is 25.6 Å². The second-order valence-corrected chi connectivity index (χ2v) is 7.91. The van der Waals surface area contributed by atoms with Crippen LogP contribution in [-0.2, 0) is 12.3 Å². The highest BCUT2D eigenvalue weighted by atomic mass is 19.3. The molecule has 0 radical (unpaired) electrons. The lowest BCUT2D eigenvalue weighted by molar-refractivity contribution is -0.0158. The Kier molecular flexibility index (Phi) is 7.60. The number of hydrogen-bond acceptors (Lipinski definition) is 5. The Balaban J connectivity index is 1.41. The zero-order chi connectivity index (χ0) is 22.3. The van der Waals surface area contributed by atoms with E-state index in [1.54, 1.807) is 0 Å². The molecule has 3 rings (SSSR count). The predicted molar refractivity (Wildman–Crippen MR) is 118 cm³/mol. The summed E-state index contributed by atoms with van der Waals surface area (Å²) in [6, 6.07) is 16.4. The van der Waals surface area contributed by atoms with Crippen LogP contribution >= 0.6 is 0 Å². The van der Waals surface area contributed by atoms with E-state index in [4.69, 9.17) is 4.74 Å². The number of unbranched alkanes of at least 4 members (excludes halogenated alkanes) is 2. The lowest BCUT2D eigenvalue weighted by Crippen LogP contribution is -2.07. The van der Waals surface area contributed by atoms with Gasteiger partial charge in [0.2, 0.25) is 0 Å². The average molecular weight is 430 g/mol. The van der Waals surface area contributed by atoms with Crippen molar-refractivity contribution in [1.82, 2.24) is 10.1 Å². The van der Waals surface area contributed by atoms with Crippen LogP contribution in [0.1, 0.15) is 51.7 Å². The molecule has 0 saturated carbocycles. The van der Waals surface area contributed by atoms with Crippen molar-refractivity contribution in [2.24, 2.45) is 0 Å². The third kappa shape index (κ3) is 7.05. The van der Waals surface area contributed by atoms with E-state index in [0.717, 1.165) is 55.3 Å². The molecule has 0 bridgehead atoms. The van der Waals surface area contributed by atoms with Gasteiger partial charge in [-0.1, -0.05) is 35.8 Å². The monoisotopic (exact) mass is 429 g/mol. The summed E-state index contributed by atoms with van der Waals surface area (Å²) in [6.07, 6.45) is 3.41. The van der Waals surface area contributed by atoms with Gasteiger partial charge in [-0.15, -0.1) is 0 Å². The summed E-state index contributed by atoms with van der Waals surface area (Å²) in [7, 11) is 0. The number of hydrogen-bond donors (Lipinski definition) is 1. The number of benzene rings is 2. The van der Waals surface area contributed by atoms with E-state index in [2.05, 4.69) is 44.2 Å². The molecule has 1 N–H and O–H groups in total. The first kappa shape index (κ1) is 22.7. The SMILES string of the molecule is CC(C)Oc1ccc(-c2cccc(NCCCCCc3noc(C(C)(F)F)n3)c2)cc1. The van der Waals surface area contributed by atoms with E-state index < -0.39 is 11.8 Å². The number of nitrogens with zero attached hydrogens (tertiary/aromatic N) is 2. The van der Waals surface area contributed by atoms with Gasteiger partial charge in [0.05, 0.1) is 6.10 Å². The van der Waals surface area contributed by atoms with Crippen molar-refractivity contribution >= 4 is 5.69 Å². The molecule has 166 valence electrons. The van der Waals surface area contributed by atoms with E-state index in [0.29, 0.717) is 12.2 Å². The smallest absolute Gasteiger partial charge is 0.322 e. The van der Waals surface area contributed by atoms with Crippen LogP contribution in [0, 0.1) is 0 Å². The minimum atomic E-state index is -3.09. The molecule has 2 aromatic carbocycles. The third-order valence-corrected chi connectivity index (χ3v) is 4.67. The zero-order valence-corrected chi connectivity index (χ0v) is 18.2. The summed E-state index contributed by atoms with van der Waals surface area (Å²) in [4.78, 5) is 3.75. The molecule has 31 heavy (non-hydrogen) atoms. The fraction of sp³-hybridized carbons (Fsp3) is 0.417. The number of halogens is 2. The third-order valence-electron chi connectivity index (χ3n) is 4.67. The molecular formula is C24H29F2N3O2. The average Bonchev–Trinajstić information content (AvgIpc) is 3.20. The van der Waals surface area contributed by atoms with Crippen LogP contribution in [0.5, 0.6) is 5.75 Å². The Morgan fingerprint density at radius 2 is 1.81 bits per heavy atom. The van der Waals surface area contributed by atoms with E-state index in [1.807, 2.05) is 38.1 Å². The maximum absolute atomic E-state index is 13.1. The summed E-state index contributed by atoms with van der Waals surface area (Å²) in [5.41, 5.74) is 3.34. The van der Waals surface area contributed by atoms with Gasteiger partial charge in [0.15, 0.2) is 5.82 Å². The maximum atomic E-state index is 13.1. The Morgan fingerprint density at radius 1 is 1.03 bits per heavy atom. The summed E-state index contributed by atoms with van der Waals surface area (Å²) < 4.78 is 36.5. The van der Waals surface area contributed by atoms with Gasteiger partial charge in [0.1, 0.15) is 5.75 Å². The summed E-state index contributed by atoms with van der Waals surface area (Å²) >= 11 is 0. The topological polar surface area (TPSA) is 60.2 Å². The first-order valence-electron chi connectivity index (χ1n) is 10.6. The molecule has 0 amide bonds. The minimum Gasteiger partial charge on any atom is -0.491 e. The Bertz CT molecular complexity index is 950. The Morgan fingerprint density at radius 3 is 2.48 bits per heavy atom. The quantitative estimate of drug-likeness (QED) is 0.354. The Hall–Kier alpha value is -2.96. The molecule has 0 atom stereocenters. The fourth-order valence-electron chi connectivity index (χ4n) is 3.16. The molecule has 5 nitrogen and oxygen atoms in total. The molecule has 0 aliphatic carbocycles. The molecule has 7 heteroatoms. The number of anilines is 1. The van der Waals surface area contributed by atoms with Crippen LogP contribution in [0.2, 0.25) is 0 Å². The standard InChI is InChI=1S/C24H29F2N3O2/c1-17(2)30-21-13-11-18(12-14-21)19-8-7-9-20(16-19)27-15-6-4-5-10-22-28-23(31-29-22)24(3,25)26/h7-9,11-14,16-17,27H,4-6,10,15H2,1-3H3. The number of ether oxygens (including phenoxy) is 1. The van der Waals surface area contributed by atoms with Gasteiger partial charge >= 0.3 is 5.92 Å². The maximum Gasteiger partial charge on any atom is 0.322 e. The minimum absolute atomic E-state index is 0.157. The number of nitrogens with one attached hydrogen (secondary N) is 1. The number of aromatic nitrogens is 2. The zero-order valence-electron chi connectivity index (χ0n) is 18.2. The van der Waals surface area contributed by atoms with E-state index in [9.17, 15) is 8.78 Å².